The largest absolute Gasteiger partial charge is 0.496 e. The van der Waals surface area contributed by atoms with E-state index >= 15 is 0 Å². The van der Waals surface area contributed by atoms with Gasteiger partial charge in [-0.2, -0.15) is 0 Å². The number of benzene rings is 3. The molecule has 0 bridgehead atoms. The maximum Gasteiger partial charge on any atom is 0.412 e. The van der Waals surface area contributed by atoms with Crippen molar-refractivity contribution in [3.05, 3.63) is 94.1 Å². The van der Waals surface area contributed by atoms with Crippen LogP contribution in [0.1, 0.15) is 42.9 Å². The number of thiophene rings is 1. The normalized spacial score (nSPS) is 13.8. The smallest absolute Gasteiger partial charge is 0.412 e. The molecule has 4 nitrogen and oxygen atoms in total. The standard InChI is InChI=1S/C29H25ClFNO3S/c1-17(18-9-12-23(31)13-10-18)35-29(33)32-25-16-27(30)36-28(25)22-11-14-24(26(15-22)34-2)21-7-5-20(6-8-21)19-3-4-19/h5-17,19H,3-4H2,1-2H3,(H,32,33). The summed E-state index contributed by atoms with van der Waals surface area (Å²) in [6, 6.07) is 22.2. The van der Waals surface area contributed by atoms with Crippen molar-refractivity contribution in [3.8, 4) is 27.3 Å². The number of carbonyl (C=O) groups is 1. The van der Waals surface area contributed by atoms with Gasteiger partial charge in [0.05, 0.1) is 22.0 Å². The average Bonchev–Trinajstić information content (AvgIpc) is 3.67. The van der Waals surface area contributed by atoms with Gasteiger partial charge in [-0.05, 0) is 72.2 Å². The van der Waals surface area contributed by atoms with E-state index in [4.69, 9.17) is 21.1 Å². The van der Waals surface area contributed by atoms with Crippen molar-refractivity contribution in [2.45, 2.75) is 31.8 Å². The molecule has 0 spiro atoms. The Morgan fingerprint density at radius 2 is 1.72 bits per heavy atom. The molecule has 1 aliphatic rings. The van der Waals surface area contributed by atoms with Gasteiger partial charge in [0.1, 0.15) is 17.7 Å². The molecule has 1 heterocycles. The summed E-state index contributed by atoms with van der Waals surface area (Å²) in [4.78, 5) is 13.4. The second-order valence-electron chi connectivity index (χ2n) is 8.83. The van der Waals surface area contributed by atoms with Crippen LogP contribution < -0.4 is 10.1 Å². The lowest BCUT2D eigenvalue weighted by molar-refractivity contribution is 0.121. The number of anilines is 1. The van der Waals surface area contributed by atoms with Crippen LogP contribution in [0.25, 0.3) is 21.6 Å². The molecule has 1 saturated carbocycles. The average molecular weight is 522 g/mol. The first-order valence-electron chi connectivity index (χ1n) is 11.7. The fourth-order valence-electron chi connectivity index (χ4n) is 4.19. The van der Waals surface area contributed by atoms with E-state index in [1.165, 1.54) is 41.9 Å². The summed E-state index contributed by atoms with van der Waals surface area (Å²) in [5, 5.41) is 2.80. The Bertz CT molecular complexity index is 1380. The van der Waals surface area contributed by atoms with Gasteiger partial charge in [0, 0.05) is 5.56 Å². The van der Waals surface area contributed by atoms with Gasteiger partial charge in [0.15, 0.2) is 0 Å². The highest BCUT2D eigenvalue weighted by Crippen LogP contribution is 2.44. The number of carbonyl (C=O) groups excluding carboxylic acids is 1. The van der Waals surface area contributed by atoms with Crippen LogP contribution in [0.15, 0.2) is 72.8 Å². The fourth-order valence-corrected chi connectivity index (χ4v) is 5.37. The van der Waals surface area contributed by atoms with Gasteiger partial charge in [0.2, 0.25) is 0 Å². The second kappa shape index (κ2) is 10.3. The molecule has 0 aliphatic heterocycles. The molecule has 4 aromatic rings. The van der Waals surface area contributed by atoms with Gasteiger partial charge < -0.3 is 9.47 Å². The predicted octanol–water partition coefficient (Wildman–Crippen LogP) is 9.07. The summed E-state index contributed by atoms with van der Waals surface area (Å²) >= 11 is 7.68. The minimum absolute atomic E-state index is 0.343. The highest BCUT2D eigenvalue weighted by atomic mass is 35.5. The van der Waals surface area contributed by atoms with E-state index in [1.54, 1.807) is 32.2 Å². The molecule has 1 amide bonds. The van der Waals surface area contributed by atoms with E-state index in [0.717, 1.165) is 27.3 Å². The molecule has 7 heteroatoms. The number of ether oxygens (including phenoxy) is 2. The molecule has 36 heavy (non-hydrogen) atoms. The van der Waals surface area contributed by atoms with Crippen LogP contribution >= 0.6 is 22.9 Å². The Labute approximate surface area is 218 Å². The van der Waals surface area contributed by atoms with Gasteiger partial charge in [-0.25, -0.2) is 9.18 Å². The zero-order chi connectivity index (χ0) is 25.2. The monoisotopic (exact) mass is 521 g/mol. The first-order valence-corrected chi connectivity index (χ1v) is 12.9. The molecule has 1 fully saturated rings. The molecule has 1 N–H and O–H groups in total. The van der Waals surface area contributed by atoms with E-state index in [9.17, 15) is 9.18 Å². The summed E-state index contributed by atoms with van der Waals surface area (Å²) in [5.41, 5.74) is 5.57. The molecule has 5 rings (SSSR count). The minimum Gasteiger partial charge on any atom is -0.496 e. The zero-order valence-corrected chi connectivity index (χ0v) is 21.5. The molecule has 0 saturated heterocycles. The second-order valence-corrected chi connectivity index (χ2v) is 10.5. The summed E-state index contributed by atoms with van der Waals surface area (Å²) in [6.45, 7) is 1.73. The number of nitrogens with one attached hydrogen (secondary N) is 1. The minimum atomic E-state index is -0.623. The van der Waals surface area contributed by atoms with Gasteiger partial charge in [-0.15, -0.1) is 11.3 Å². The van der Waals surface area contributed by atoms with E-state index in [2.05, 4.69) is 29.6 Å². The van der Waals surface area contributed by atoms with Crippen molar-refractivity contribution in [2.24, 2.45) is 0 Å². The van der Waals surface area contributed by atoms with Crippen molar-refractivity contribution in [1.29, 1.82) is 0 Å². The first kappa shape index (κ1) is 24.3. The molecule has 0 radical (unpaired) electrons. The van der Waals surface area contributed by atoms with Gasteiger partial charge in [0.25, 0.3) is 0 Å². The molecular formula is C29H25ClFNO3S. The number of methoxy groups -OCH3 is 1. The number of halogens is 2. The first-order chi connectivity index (χ1) is 17.4. The number of hydrogen-bond acceptors (Lipinski definition) is 4. The van der Waals surface area contributed by atoms with E-state index < -0.39 is 12.2 Å². The summed E-state index contributed by atoms with van der Waals surface area (Å²) < 4.78 is 24.9. The Morgan fingerprint density at radius 1 is 1.03 bits per heavy atom. The Morgan fingerprint density at radius 3 is 2.39 bits per heavy atom. The lowest BCUT2D eigenvalue weighted by atomic mass is 9.99. The van der Waals surface area contributed by atoms with E-state index in [1.807, 2.05) is 18.2 Å². The van der Waals surface area contributed by atoms with Crippen molar-refractivity contribution in [1.82, 2.24) is 0 Å². The fraction of sp³-hybridized carbons (Fsp3) is 0.207. The highest BCUT2D eigenvalue weighted by molar-refractivity contribution is 7.20. The lowest BCUT2D eigenvalue weighted by Gasteiger charge is -2.15. The van der Waals surface area contributed by atoms with Crippen LogP contribution in [0.2, 0.25) is 4.34 Å². The predicted molar refractivity (Wildman–Crippen MR) is 144 cm³/mol. The Hall–Kier alpha value is -3.35. The number of rotatable bonds is 7. The molecular weight excluding hydrogens is 497 g/mol. The molecule has 184 valence electrons. The van der Waals surface area contributed by atoms with Crippen LogP contribution in [0.4, 0.5) is 14.9 Å². The van der Waals surface area contributed by atoms with Crippen molar-refractivity contribution < 1.29 is 18.7 Å². The zero-order valence-electron chi connectivity index (χ0n) is 19.9. The Kier molecular flexibility index (Phi) is 6.99. The van der Waals surface area contributed by atoms with Gasteiger partial charge in [-0.1, -0.05) is 60.1 Å². The van der Waals surface area contributed by atoms with E-state index in [-0.39, 0.29) is 5.82 Å². The summed E-state index contributed by atoms with van der Waals surface area (Å²) in [6.07, 6.45) is 1.38. The topological polar surface area (TPSA) is 47.6 Å². The maximum atomic E-state index is 13.2. The summed E-state index contributed by atoms with van der Waals surface area (Å²) in [7, 11) is 1.65. The summed E-state index contributed by atoms with van der Waals surface area (Å²) in [5.74, 6) is 1.10. The van der Waals surface area contributed by atoms with Crippen LogP contribution in [-0.4, -0.2) is 13.2 Å². The third-order valence-corrected chi connectivity index (χ3v) is 7.61. The van der Waals surface area contributed by atoms with Crippen molar-refractivity contribution in [2.75, 3.05) is 12.4 Å². The molecule has 1 aromatic heterocycles. The van der Waals surface area contributed by atoms with Gasteiger partial charge in [-0.3, -0.25) is 5.32 Å². The van der Waals surface area contributed by atoms with Crippen molar-refractivity contribution in [3.63, 3.8) is 0 Å². The SMILES string of the molecule is COc1cc(-c2sc(Cl)cc2NC(=O)OC(C)c2ccc(F)cc2)ccc1-c1ccc(C2CC2)cc1. The molecule has 3 aromatic carbocycles. The van der Waals surface area contributed by atoms with Crippen LogP contribution in [0.3, 0.4) is 0 Å². The quantitative estimate of drug-likeness (QED) is 0.264. The lowest BCUT2D eigenvalue weighted by Crippen LogP contribution is -2.16. The molecule has 1 aliphatic carbocycles. The maximum absolute atomic E-state index is 13.2. The Balaban J connectivity index is 1.35. The third kappa shape index (κ3) is 5.40. The van der Waals surface area contributed by atoms with E-state index in [0.29, 0.717) is 21.5 Å². The van der Waals surface area contributed by atoms with Crippen LogP contribution in [0.5, 0.6) is 5.75 Å². The third-order valence-electron chi connectivity index (χ3n) is 6.30. The molecule has 1 unspecified atom stereocenters. The number of amides is 1. The van der Waals surface area contributed by atoms with Crippen molar-refractivity contribution >= 4 is 34.7 Å². The van der Waals surface area contributed by atoms with Gasteiger partial charge >= 0.3 is 6.09 Å². The van der Waals surface area contributed by atoms with Crippen LogP contribution in [0, 0.1) is 5.82 Å². The van der Waals surface area contributed by atoms with Crippen LogP contribution in [-0.2, 0) is 4.74 Å². The highest BCUT2D eigenvalue weighted by Gasteiger charge is 2.23. The number of hydrogen-bond donors (Lipinski definition) is 1. The molecule has 1 atom stereocenters.